The second-order valence-corrected chi connectivity index (χ2v) is 7.67. The summed E-state index contributed by atoms with van der Waals surface area (Å²) < 4.78 is 0. The van der Waals surface area contributed by atoms with E-state index in [0.717, 1.165) is 37.2 Å². The molecule has 0 unspecified atom stereocenters. The highest BCUT2D eigenvalue weighted by Crippen LogP contribution is 2.23. The lowest BCUT2D eigenvalue weighted by Gasteiger charge is -2.02. The molecule has 5 N–H and O–H groups in total. The molecule has 7 nitrogen and oxygen atoms in total. The van der Waals surface area contributed by atoms with Crippen LogP contribution in [0.15, 0.2) is 16.6 Å². The quantitative estimate of drug-likeness (QED) is 0.200. The molecule has 1 saturated heterocycles. The Morgan fingerprint density at radius 2 is 1.64 bits per heavy atom. The van der Waals surface area contributed by atoms with Crippen molar-refractivity contribution in [3.05, 3.63) is 11.6 Å². The minimum atomic E-state index is -0.833. The van der Waals surface area contributed by atoms with E-state index in [4.69, 9.17) is 26.6 Å². The molecule has 0 aromatic heterocycles. The van der Waals surface area contributed by atoms with Crippen LogP contribution in [-0.2, 0) is 4.79 Å². The molecule has 1 fully saturated rings. The molecule has 0 saturated carbocycles. The van der Waals surface area contributed by atoms with Crippen molar-refractivity contribution in [2.45, 2.75) is 78.1 Å². The van der Waals surface area contributed by atoms with Crippen LogP contribution in [0.2, 0.25) is 0 Å². The van der Waals surface area contributed by atoms with Crippen LogP contribution in [0.25, 0.3) is 0 Å². The molecule has 0 aliphatic carbocycles. The number of nitriles is 1. The Morgan fingerprint density at radius 1 is 1.18 bits per heavy atom. The summed E-state index contributed by atoms with van der Waals surface area (Å²) in [7, 11) is 0. The van der Waals surface area contributed by atoms with Gasteiger partial charge in [0.15, 0.2) is 12.2 Å². The number of carbonyl (C=O) groups is 1. The van der Waals surface area contributed by atoms with E-state index >= 15 is 0 Å². The predicted molar refractivity (Wildman–Crippen MR) is 120 cm³/mol. The highest BCUT2D eigenvalue weighted by molar-refractivity contribution is 8.03. The maximum atomic E-state index is 9.00. The Balaban J connectivity index is 0. The van der Waals surface area contributed by atoms with Gasteiger partial charge < -0.3 is 16.6 Å². The average molecular weight is 414 g/mol. The topological polar surface area (TPSA) is 129 Å². The third-order valence-corrected chi connectivity index (χ3v) is 4.75. The second-order valence-electron chi connectivity index (χ2n) is 6.50. The summed E-state index contributed by atoms with van der Waals surface area (Å²) in [6.07, 6.45) is 15.5. The van der Waals surface area contributed by atoms with E-state index < -0.39 is 5.97 Å². The molecule has 1 aliphatic rings. The first-order valence-corrected chi connectivity index (χ1v) is 11.1. The molecule has 1 aliphatic heterocycles. The molecule has 162 valence electrons. The van der Waals surface area contributed by atoms with Crippen molar-refractivity contribution >= 4 is 23.7 Å². The van der Waals surface area contributed by atoms with Crippen LogP contribution < -0.4 is 11.5 Å². The number of unbranched alkanes of at least 4 members (excludes halogenated alkanes) is 9. The third kappa shape index (κ3) is 24.1. The van der Waals surface area contributed by atoms with Crippen molar-refractivity contribution < 1.29 is 9.90 Å². The zero-order valence-electron chi connectivity index (χ0n) is 17.7. The molecule has 0 aromatic carbocycles. The lowest BCUT2D eigenvalue weighted by atomic mass is 10.1. The highest BCUT2D eigenvalue weighted by atomic mass is 32.2. The molecule has 0 aromatic rings. The van der Waals surface area contributed by atoms with Gasteiger partial charge >= 0.3 is 0 Å². The van der Waals surface area contributed by atoms with Gasteiger partial charge in [-0.15, -0.1) is 11.8 Å². The smallest absolute Gasteiger partial charge is 0.300 e. The van der Waals surface area contributed by atoms with Gasteiger partial charge in [-0.1, -0.05) is 71.3 Å². The minimum Gasteiger partial charge on any atom is -0.481 e. The summed E-state index contributed by atoms with van der Waals surface area (Å²) >= 11 is 1.64. The van der Waals surface area contributed by atoms with Gasteiger partial charge in [0.05, 0.1) is 5.03 Å². The zero-order chi connectivity index (χ0) is 21.6. The first-order valence-electron chi connectivity index (χ1n) is 10.1. The van der Waals surface area contributed by atoms with Crippen molar-refractivity contribution in [2.24, 2.45) is 16.5 Å². The van der Waals surface area contributed by atoms with Gasteiger partial charge in [0.1, 0.15) is 0 Å². The average Bonchev–Trinajstić information content (AvgIpc) is 3.04. The number of carboxylic acid groups (broad SMARTS) is 1. The van der Waals surface area contributed by atoms with Crippen LogP contribution in [-0.4, -0.2) is 40.8 Å². The molecule has 1 rings (SSSR count). The molecule has 28 heavy (non-hydrogen) atoms. The maximum absolute atomic E-state index is 9.00. The molecular weight excluding hydrogens is 374 g/mol. The molecule has 0 atom stereocenters. The van der Waals surface area contributed by atoms with Crippen LogP contribution in [0.3, 0.4) is 0 Å². The maximum Gasteiger partial charge on any atom is 0.300 e. The number of carboxylic acids is 1. The fourth-order valence-electron chi connectivity index (χ4n) is 2.37. The number of nitrogens with zero attached hydrogens (tertiary/aromatic N) is 3. The van der Waals surface area contributed by atoms with Gasteiger partial charge in [0.25, 0.3) is 5.97 Å². The Labute approximate surface area is 175 Å². The van der Waals surface area contributed by atoms with Crippen molar-refractivity contribution in [3.8, 4) is 6.19 Å². The van der Waals surface area contributed by atoms with E-state index in [-0.39, 0.29) is 5.96 Å². The first kappa shape index (κ1) is 28.3. The summed E-state index contributed by atoms with van der Waals surface area (Å²) in [5.41, 5.74) is 10.5. The van der Waals surface area contributed by atoms with Crippen molar-refractivity contribution in [3.63, 3.8) is 0 Å². The number of guanidine groups is 1. The van der Waals surface area contributed by atoms with Gasteiger partial charge in [-0.25, -0.2) is 0 Å². The predicted octanol–water partition coefficient (Wildman–Crippen LogP) is 4.26. The van der Waals surface area contributed by atoms with Gasteiger partial charge in [-0.3, -0.25) is 14.7 Å². The molecule has 1 heterocycles. The SMILES string of the molecule is C=C1SCCN1C#N.CC(=O)O.CCCCCCCCCCCCN=C(N)N. The van der Waals surface area contributed by atoms with Crippen molar-refractivity contribution in [1.29, 1.82) is 5.26 Å². The van der Waals surface area contributed by atoms with Gasteiger partial charge in [0.2, 0.25) is 0 Å². The summed E-state index contributed by atoms with van der Waals surface area (Å²) in [4.78, 5) is 14.6. The number of nitrogens with two attached hydrogens (primary N) is 2. The molecular formula is C20H39N5O2S. The number of hydrogen-bond acceptors (Lipinski definition) is 5. The van der Waals surface area contributed by atoms with E-state index in [0.29, 0.717) is 0 Å². The Bertz CT molecular complexity index is 470. The fourth-order valence-corrected chi connectivity index (χ4v) is 3.17. The fraction of sp³-hybridized carbons (Fsp3) is 0.750. The van der Waals surface area contributed by atoms with E-state index in [9.17, 15) is 0 Å². The van der Waals surface area contributed by atoms with Crippen molar-refractivity contribution in [2.75, 3.05) is 18.8 Å². The lowest BCUT2D eigenvalue weighted by Crippen LogP contribution is -2.22. The standard InChI is InChI=1S/C13H29N3.C5H6N2S.C2H4O2/c1-2-3-4-5-6-7-8-9-10-11-12-16-13(14)15;1-5-7(4-6)2-3-8-5;1-2(3)4/h2-12H2,1H3,(H4,14,15,16);1-3H2;1H3,(H,3,4). The van der Waals surface area contributed by atoms with Gasteiger partial charge in [-0.2, -0.15) is 5.26 Å². The summed E-state index contributed by atoms with van der Waals surface area (Å²) in [5.74, 6) is 0.391. The number of aliphatic imine (C=N–C) groups is 1. The summed E-state index contributed by atoms with van der Waals surface area (Å²) in [6.45, 7) is 8.64. The van der Waals surface area contributed by atoms with Gasteiger partial charge in [0, 0.05) is 25.8 Å². The summed E-state index contributed by atoms with van der Waals surface area (Å²) in [5, 5.41) is 16.6. The number of rotatable bonds is 11. The first-order chi connectivity index (χ1) is 13.3. The number of hydrogen-bond donors (Lipinski definition) is 3. The molecule has 0 bridgehead atoms. The monoisotopic (exact) mass is 413 g/mol. The highest BCUT2D eigenvalue weighted by Gasteiger charge is 2.13. The Kier molecular flexibility index (Phi) is 21.7. The van der Waals surface area contributed by atoms with Crippen LogP contribution >= 0.6 is 11.8 Å². The molecule has 0 amide bonds. The Morgan fingerprint density at radius 3 is 1.96 bits per heavy atom. The zero-order valence-corrected chi connectivity index (χ0v) is 18.5. The normalized spacial score (nSPS) is 12.2. The number of aliphatic carboxylic acids is 1. The minimum absolute atomic E-state index is 0.218. The lowest BCUT2D eigenvalue weighted by molar-refractivity contribution is -0.134. The van der Waals surface area contributed by atoms with Crippen LogP contribution in [0, 0.1) is 11.5 Å². The number of thioether (sulfide) groups is 1. The van der Waals surface area contributed by atoms with E-state index in [2.05, 4.69) is 18.5 Å². The molecule has 8 heteroatoms. The third-order valence-electron chi connectivity index (χ3n) is 3.81. The van der Waals surface area contributed by atoms with E-state index in [1.807, 2.05) is 6.19 Å². The van der Waals surface area contributed by atoms with Gasteiger partial charge in [-0.05, 0) is 6.42 Å². The summed E-state index contributed by atoms with van der Waals surface area (Å²) in [6, 6.07) is 0. The van der Waals surface area contributed by atoms with E-state index in [1.54, 1.807) is 16.7 Å². The molecule has 0 radical (unpaired) electrons. The second kappa shape index (κ2) is 21.4. The van der Waals surface area contributed by atoms with Crippen molar-refractivity contribution in [1.82, 2.24) is 4.90 Å². The Hall–Kier alpha value is -1.88. The molecule has 0 spiro atoms. The van der Waals surface area contributed by atoms with Crippen LogP contribution in [0.1, 0.15) is 78.1 Å². The largest absolute Gasteiger partial charge is 0.481 e. The van der Waals surface area contributed by atoms with E-state index in [1.165, 1.54) is 57.8 Å². The van der Waals surface area contributed by atoms with Crippen LogP contribution in [0.5, 0.6) is 0 Å². The van der Waals surface area contributed by atoms with Crippen LogP contribution in [0.4, 0.5) is 0 Å².